The summed E-state index contributed by atoms with van der Waals surface area (Å²) < 4.78 is 5.40. The van der Waals surface area contributed by atoms with Gasteiger partial charge in [-0.1, -0.05) is 65.6 Å². The van der Waals surface area contributed by atoms with Gasteiger partial charge in [-0.3, -0.25) is 4.79 Å². The molecule has 146 valence electrons. The second-order valence-corrected chi connectivity index (χ2v) is 7.27. The highest BCUT2D eigenvalue weighted by Gasteiger charge is 2.23. The smallest absolute Gasteiger partial charge is 0.255 e. The van der Waals surface area contributed by atoms with E-state index >= 15 is 0 Å². The third-order valence-electron chi connectivity index (χ3n) is 4.83. The van der Waals surface area contributed by atoms with Crippen molar-refractivity contribution < 1.29 is 9.32 Å². The minimum atomic E-state index is -0.0850. The molecule has 0 bridgehead atoms. The molecular weight excluding hydrogens is 374 g/mol. The Morgan fingerprint density at radius 2 is 1.89 bits per heavy atom. The van der Waals surface area contributed by atoms with Crippen LogP contribution in [0.1, 0.15) is 42.1 Å². The van der Waals surface area contributed by atoms with E-state index in [-0.39, 0.29) is 11.9 Å². The summed E-state index contributed by atoms with van der Waals surface area (Å²) in [6.07, 6.45) is 1.33. The third-order valence-corrected chi connectivity index (χ3v) is 5.16. The number of aryl methyl sites for hydroxylation is 1. The number of aromatic nitrogens is 2. The summed E-state index contributed by atoms with van der Waals surface area (Å²) in [6, 6.07) is 15.2. The summed E-state index contributed by atoms with van der Waals surface area (Å²) in [6.45, 7) is 6.60. The van der Waals surface area contributed by atoms with Gasteiger partial charge in [0, 0.05) is 24.6 Å². The minimum absolute atomic E-state index is 0.0725. The van der Waals surface area contributed by atoms with Crippen LogP contribution in [0.4, 0.5) is 0 Å². The molecular formula is C22H24ClN3O2. The minimum Gasteiger partial charge on any atom is -0.339 e. The molecule has 0 aliphatic carbocycles. The fraction of sp³-hybridized carbons (Fsp3) is 0.318. The second-order valence-electron chi connectivity index (χ2n) is 6.86. The van der Waals surface area contributed by atoms with Gasteiger partial charge in [-0.05, 0) is 32.4 Å². The lowest BCUT2D eigenvalue weighted by molar-refractivity contribution is 0.0686. The lowest BCUT2D eigenvalue weighted by atomic mass is 10.1. The van der Waals surface area contributed by atoms with Crippen LogP contribution in [0.15, 0.2) is 53.1 Å². The van der Waals surface area contributed by atoms with Crippen LogP contribution >= 0.6 is 11.6 Å². The molecule has 3 rings (SSSR count). The number of carbonyl (C=O) groups is 1. The predicted molar refractivity (Wildman–Crippen MR) is 110 cm³/mol. The molecule has 0 N–H and O–H groups in total. The molecule has 1 heterocycles. The summed E-state index contributed by atoms with van der Waals surface area (Å²) in [7, 11) is 0. The Morgan fingerprint density at radius 3 is 2.57 bits per heavy atom. The molecule has 1 aromatic heterocycles. The highest BCUT2D eigenvalue weighted by Crippen LogP contribution is 2.20. The fourth-order valence-electron chi connectivity index (χ4n) is 2.92. The van der Waals surface area contributed by atoms with Gasteiger partial charge in [0.25, 0.3) is 5.91 Å². The Kier molecular flexibility index (Phi) is 6.47. The van der Waals surface area contributed by atoms with Crippen LogP contribution in [-0.2, 0) is 6.42 Å². The first-order chi connectivity index (χ1) is 13.5. The third kappa shape index (κ3) is 4.60. The van der Waals surface area contributed by atoms with Gasteiger partial charge in [0.05, 0.1) is 10.6 Å². The van der Waals surface area contributed by atoms with Crippen molar-refractivity contribution in [3.05, 3.63) is 70.6 Å². The number of rotatable bonds is 7. The highest BCUT2D eigenvalue weighted by molar-refractivity contribution is 6.33. The number of benzene rings is 2. The Labute approximate surface area is 170 Å². The van der Waals surface area contributed by atoms with E-state index in [0.717, 1.165) is 12.0 Å². The average molecular weight is 398 g/mol. The summed E-state index contributed by atoms with van der Waals surface area (Å²) in [4.78, 5) is 19.3. The Morgan fingerprint density at radius 1 is 1.18 bits per heavy atom. The molecule has 0 radical (unpaired) electrons. The van der Waals surface area contributed by atoms with Gasteiger partial charge in [0.15, 0.2) is 0 Å². The molecule has 5 nitrogen and oxygen atoms in total. The molecule has 3 aromatic rings. The van der Waals surface area contributed by atoms with Gasteiger partial charge >= 0.3 is 0 Å². The first-order valence-electron chi connectivity index (χ1n) is 9.44. The number of hydrogen-bond donors (Lipinski definition) is 0. The number of hydrogen-bond acceptors (Lipinski definition) is 4. The zero-order valence-corrected chi connectivity index (χ0v) is 17.1. The molecule has 0 saturated heterocycles. The molecule has 28 heavy (non-hydrogen) atoms. The van der Waals surface area contributed by atoms with Crippen LogP contribution in [0.3, 0.4) is 0 Å². The predicted octanol–water partition coefficient (Wildman–Crippen LogP) is 5.18. The van der Waals surface area contributed by atoms with E-state index in [9.17, 15) is 4.79 Å². The summed E-state index contributed by atoms with van der Waals surface area (Å²) in [5.74, 6) is 0.983. The van der Waals surface area contributed by atoms with E-state index < -0.39 is 0 Å². The summed E-state index contributed by atoms with van der Waals surface area (Å²) in [5.41, 5.74) is 2.59. The van der Waals surface area contributed by atoms with Crippen LogP contribution in [0.25, 0.3) is 11.4 Å². The highest BCUT2D eigenvalue weighted by atomic mass is 35.5. The lowest BCUT2D eigenvalue weighted by Gasteiger charge is -2.28. The fourth-order valence-corrected chi connectivity index (χ4v) is 3.14. The number of halogens is 1. The van der Waals surface area contributed by atoms with Crippen molar-refractivity contribution in [3.63, 3.8) is 0 Å². The molecule has 0 aliphatic rings. The van der Waals surface area contributed by atoms with E-state index in [0.29, 0.717) is 35.3 Å². The van der Waals surface area contributed by atoms with Crippen LogP contribution in [0.5, 0.6) is 0 Å². The SMILES string of the molecule is CCC(C)N(CCc1nc(-c2ccc(C)cc2)no1)C(=O)c1ccccc1Cl. The lowest BCUT2D eigenvalue weighted by Crippen LogP contribution is -2.40. The zero-order valence-electron chi connectivity index (χ0n) is 16.4. The quantitative estimate of drug-likeness (QED) is 0.551. The number of nitrogens with zero attached hydrogens (tertiary/aromatic N) is 3. The van der Waals surface area contributed by atoms with Crippen LogP contribution in [0, 0.1) is 6.92 Å². The van der Waals surface area contributed by atoms with Crippen LogP contribution < -0.4 is 0 Å². The molecule has 1 amide bonds. The Hall–Kier alpha value is -2.66. The van der Waals surface area contributed by atoms with E-state index in [4.69, 9.17) is 16.1 Å². The zero-order chi connectivity index (χ0) is 20.1. The normalized spacial score (nSPS) is 12.0. The largest absolute Gasteiger partial charge is 0.339 e. The Balaban J connectivity index is 1.73. The van der Waals surface area contributed by atoms with Crippen molar-refractivity contribution in [1.82, 2.24) is 15.0 Å². The number of amides is 1. The van der Waals surface area contributed by atoms with Gasteiger partial charge in [0.2, 0.25) is 11.7 Å². The molecule has 0 fully saturated rings. The molecule has 1 atom stereocenters. The van der Waals surface area contributed by atoms with E-state index in [1.54, 1.807) is 12.1 Å². The second kappa shape index (κ2) is 9.02. The molecule has 0 aliphatic heterocycles. The van der Waals surface area contributed by atoms with Crippen molar-refractivity contribution in [2.75, 3.05) is 6.54 Å². The van der Waals surface area contributed by atoms with E-state index in [2.05, 4.69) is 17.1 Å². The van der Waals surface area contributed by atoms with Crippen molar-refractivity contribution >= 4 is 17.5 Å². The molecule has 1 unspecified atom stereocenters. The van der Waals surface area contributed by atoms with Crippen molar-refractivity contribution in [1.29, 1.82) is 0 Å². The molecule has 0 saturated carbocycles. The first kappa shape index (κ1) is 20.1. The maximum absolute atomic E-state index is 13.0. The topological polar surface area (TPSA) is 59.2 Å². The molecule has 0 spiro atoms. The standard InChI is InChI=1S/C22H24ClN3O2/c1-4-16(3)26(22(27)18-7-5-6-8-19(18)23)14-13-20-24-21(25-28-20)17-11-9-15(2)10-12-17/h5-12,16H,4,13-14H2,1-3H3. The van der Waals surface area contributed by atoms with Gasteiger partial charge in [-0.2, -0.15) is 4.98 Å². The van der Waals surface area contributed by atoms with Gasteiger partial charge in [-0.15, -0.1) is 0 Å². The summed E-state index contributed by atoms with van der Waals surface area (Å²) in [5, 5.41) is 4.52. The maximum atomic E-state index is 13.0. The van der Waals surface area contributed by atoms with Gasteiger partial charge in [0.1, 0.15) is 0 Å². The van der Waals surface area contributed by atoms with Crippen LogP contribution in [0.2, 0.25) is 5.02 Å². The maximum Gasteiger partial charge on any atom is 0.255 e. The average Bonchev–Trinajstić information content (AvgIpc) is 3.17. The van der Waals surface area contributed by atoms with Crippen molar-refractivity contribution in [2.24, 2.45) is 0 Å². The van der Waals surface area contributed by atoms with E-state index in [1.807, 2.05) is 55.1 Å². The summed E-state index contributed by atoms with van der Waals surface area (Å²) >= 11 is 6.22. The monoisotopic (exact) mass is 397 g/mol. The van der Waals surface area contributed by atoms with Gasteiger partial charge in [-0.25, -0.2) is 0 Å². The Bertz CT molecular complexity index is 937. The number of carbonyl (C=O) groups excluding carboxylic acids is 1. The van der Waals surface area contributed by atoms with Crippen LogP contribution in [-0.4, -0.2) is 33.5 Å². The van der Waals surface area contributed by atoms with Crippen molar-refractivity contribution in [3.8, 4) is 11.4 Å². The van der Waals surface area contributed by atoms with Gasteiger partial charge < -0.3 is 9.42 Å². The first-order valence-corrected chi connectivity index (χ1v) is 9.82. The molecule has 2 aromatic carbocycles. The van der Waals surface area contributed by atoms with E-state index in [1.165, 1.54) is 5.56 Å². The van der Waals surface area contributed by atoms with Crippen molar-refractivity contribution in [2.45, 2.75) is 39.7 Å². The molecule has 6 heteroatoms.